The molecule has 0 amide bonds. The van der Waals surface area contributed by atoms with Crippen LogP contribution in [0.4, 0.5) is 5.82 Å². The first kappa shape index (κ1) is 12.2. The summed E-state index contributed by atoms with van der Waals surface area (Å²) in [7, 11) is 0. The zero-order chi connectivity index (χ0) is 12.1. The van der Waals surface area contributed by atoms with Crippen LogP contribution in [0.2, 0.25) is 4.34 Å². The molecule has 5 heteroatoms. The lowest BCUT2D eigenvalue weighted by Gasteiger charge is -2.09. The molecule has 1 N–H and O–H groups in total. The van der Waals surface area contributed by atoms with Gasteiger partial charge in [0.15, 0.2) is 11.6 Å². The van der Waals surface area contributed by atoms with Crippen LogP contribution >= 0.6 is 22.9 Å². The molecule has 2 aromatic rings. The van der Waals surface area contributed by atoms with Gasteiger partial charge < -0.3 is 10.1 Å². The van der Waals surface area contributed by atoms with Crippen molar-refractivity contribution in [3.05, 3.63) is 39.7 Å². The molecule has 2 rings (SSSR count). The minimum Gasteiger partial charge on any atom is -0.490 e. The van der Waals surface area contributed by atoms with Gasteiger partial charge in [0.2, 0.25) is 0 Å². The highest BCUT2D eigenvalue weighted by molar-refractivity contribution is 7.16. The van der Waals surface area contributed by atoms with Gasteiger partial charge in [-0.2, -0.15) is 0 Å². The number of hydrogen-bond donors (Lipinski definition) is 1. The molecule has 0 saturated carbocycles. The van der Waals surface area contributed by atoms with Gasteiger partial charge in [0, 0.05) is 11.1 Å². The number of anilines is 1. The van der Waals surface area contributed by atoms with Crippen molar-refractivity contribution in [1.29, 1.82) is 0 Å². The molecule has 0 aliphatic heterocycles. The lowest BCUT2D eigenvalue weighted by Crippen LogP contribution is -2.03. The highest BCUT2D eigenvalue weighted by atomic mass is 35.5. The van der Waals surface area contributed by atoms with E-state index in [-0.39, 0.29) is 0 Å². The molecule has 3 nitrogen and oxygen atoms in total. The predicted molar refractivity (Wildman–Crippen MR) is 72.1 cm³/mol. The predicted octanol–water partition coefficient (Wildman–Crippen LogP) is 3.81. The molecule has 0 unspecified atom stereocenters. The first-order chi connectivity index (χ1) is 8.29. The molecule has 0 radical (unpaired) electrons. The van der Waals surface area contributed by atoms with Crippen molar-refractivity contribution in [2.75, 3.05) is 11.9 Å². The number of hydrogen-bond acceptors (Lipinski definition) is 4. The number of ether oxygens (including phenoxy) is 1. The summed E-state index contributed by atoms with van der Waals surface area (Å²) in [5.41, 5.74) is 0. The Balaban J connectivity index is 2.03. The fraction of sp³-hybridized carbons (Fsp3) is 0.250. The molecule has 17 heavy (non-hydrogen) atoms. The molecule has 0 saturated heterocycles. The molecule has 0 atom stereocenters. The largest absolute Gasteiger partial charge is 0.490 e. The highest BCUT2D eigenvalue weighted by Gasteiger charge is 2.04. The van der Waals surface area contributed by atoms with Gasteiger partial charge in [0.25, 0.3) is 0 Å². The SMILES string of the molecule is CCOc1cccnc1NCc1ccc(Cl)s1. The van der Waals surface area contributed by atoms with E-state index >= 15 is 0 Å². The summed E-state index contributed by atoms with van der Waals surface area (Å²) in [5.74, 6) is 1.54. The summed E-state index contributed by atoms with van der Waals surface area (Å²) >= 11 is 7.43. The van der Waals surface area contributed by atoms with E-state index in [0.29, 0.717) is 13.2 Å². The average molecular weight is 269 g/mol. The second-order valence-electron chi connectivity index (χ2n) is 3.34. The lowest BCUT2D eigenvalue weighted by molar-refractivity contribution is 0.340. The maximum atomic E-state index is 5.87. The Morgan fingerprint density at radius 1 is 1.41 bits per heavy atom. The summed E-state index contributed by atoms with van der Waals surface area (Å²) in [4.78, 5) is 5.42. The van der Waals surface area contributed by atoms with Gasteiger partial charge in [0.05, 0.1) is 17.5 Å². The number of pyridine rings is 1. The number of rotatable bonds is 5. The van der Waals surface area contributed by atoms with E-state index < -0.39 is 0 Å². The van der Waals surface area contributed by atoms with E-state index in [1.165, 1.54) is 4.88 Å². The van der Waals surface area contributed by atoms with E-state index in [1.54, 1.807) is 17.5 Å². The Hall–Kier alpha value is -1.26. The van der Waals surface area contributed by atoms with Crippen molar-refractivity contribution in [1.82, 2.24) is 4.98 Å². The molecule has 0 bridgehead atoms. The molecule has 90 valence electrons. The number of nitrogens with one attached hydrogen (secondary N) is 1. The minimum atomic E-state index is 0.630. The standard InChI is InChI=1S/C12H13ClN2OS/c1-2-16-10-4-3-7-14-12(10)15-8-9-5-6-11(13)17-9/h3-7H,2,8H2,1H3,(H,14,15). The summed E-state index contributed by atoms with van der Waals surface area (Å²) in [6.07, 6.45) is 1.74. The van der Waals surface area contributed by atoms with Crippen LogP contribution in [-0.4, -0.2) is 11.6 Å². The van der Waals surface area contributed by atoms with Crippen molar-refractivity contribution in [3.63, 3.8) is 0 Å². The third-order valence-corrected chi connectivity index (χ3v) is 3.36. The third-order valence-electron chi connectivity index (χ3n) is 2.13. The first-order valence-electron chi connectivity index (χ1n) is 5.35. The maximum Gasteiger partial charge on any atom is 0.169 e. The van der Waals surface area contributed by atoms with Gasteiger partial charge in [0.1, 0.15) is 0 Å². The van der Waals surface area contributed by atoms with E-state index in [9.17, 15) is 0 Å². The maximum absolute atomic E-state index is 5.87. The summed E-state index contributed by atoms with van der Waals surface area (Å²) in [6.45, 7) is 3.29. The van der Waals surface area contributed by atoms with E-state index in [4.69, 9.17) is 16.3 Å². The van der Waals surface area contributed by atoms with E-state index in [1.807, 2.05) is 31.2 Å². The Bertz CT molecular complexity index is 487. The van der Waals surface area contributed by atoms with Crippen LogP contribution in [0.25, 0.3) is 0 Å². The van der Waals surface area contributed by atoms with Crippen molar-refractivity contribution in [2.45, 2.75) is 13.5 Å². The first-order valence-corrected chi connectivity index (χ1v) is 6.55. The van der Waals surface area contributed by atoms with Crippen molar-refractivity contribution < 1.29 is 4.74 Å². The summed E-state index contributed by atoms with van der Waals surface area (Å²) < 4.78 is 6.28. The van der Waals surface area contributed by atoms with Crippen LogP contribution in [0.3, 0.4) is 0 Å². The van der Waals surface area contributed by atoms with Gasteiger partial charge in [-0.05, 0) is 31.2 Å². The smallest absolute Gasteiger partial charge is 0.169 e. The molecule has 0 aliphatic rings. The summed E-state index contributed by atoms with van der Waals surface area (Å²) in [6, 6.07) is 7.66. The van der Waals surface area contributed by atoms with Gasteiger partial charge in [-0.1, -0.05) is 11.6 Å². The second-order valence-corrected chi connectivity index (χ2v) is 5.14. The van der Waals surface area contributed by atoms with Crippen LogP contribution in [-0.2, 0) is 6.54 Å². The van der Waals surface area contributed by atoms with Crippen LogP contribution in [0.1, 0.15) is 11.8 Å². The Morgan fingerprint density at radius 3 is 3.00 bits per heavy atom. The van der Waals surface area contributed by atoms with E-state index in [0.717, 1.165) is 15.9 Å². The third kappa shape index (κ3) is 3.35. The van der Waals surface area contributed by atoms with Crippen molar-refractivity contribution in [2.24, 2.45) is 0 Å². The van der Waals surface area contributed by atoms with Crippen LogP contribution in [0.5, 0.6) is 5.75 Å². The van der Waals surface area contributed by atoms with Crippen molar-refractivity contribution >= 4 is 28.8 Å². The van der Waals surface area contributed by atoms with Gasteiger partial charge >= 0.3 is 0 Å². The Kier molecular flexibility index (Phi) is 4.23. The lowest BCUT2D eigenvalue weighted by atomic mass is 10.4. The molecule has 0 aromatic carbocycles. The van der Waals surface area contributed by atoms with Gasteiger partial charge in [-0.25, -0.2) is 4.98 Å². The molecular formula is C12H13ClN2OS. The molecule has 2 heterocycles. The van der Waals surface area contributed by atoms with Gasteiger partial charge in [-0.15, -0.1) is 11.3 Å². The molecule has 0 aliphatic carbocycles. The quantitative estimate of drug-likeness (QED) is 0.895. The van der Waals surface area contributed by atoms with Crippen LogP contribution in [0.15, 0.2) is 30.5 Å². The molecule has 0 spiro atoms. The van der Waals surface area contributed by atoms with E-state index in [2.05, 4.69) is 10.3 Å². The fourth-order valence-electron chi connectivity index (χ4n) is 1.41. The number of halogens is 1. The van der Waals surface area contributed by atoms with Crippen molar-refractivity contribution in [3.8, 4) is 5.75 Å². The normalized spacial score (nSPS) is 10.2. The average Bonchev–Trinajstić information content (AvgIpc) is 2.74. The minimum absolute atomic E-state index is 0.630. The fourth-order valence-corrected chi connectivity index (χ4v) is 2.44. The second kappa shape index (κ2) is 5.89. The summed E-state index contributed by atoms with van der Waals surface area (Å²) in [5, 5.41) is 3.24. The van der Waals surface area contributed by atoms with Crippen LogP contribution < -0.4 is 10.1 Å². The number of nitrogens with zero attached hydrogens (tertiary/aromatic N) is 1. The number of aromatic nitrogens is 1. The van der Waals surface area contributed by atoms with Crippen LogP contribution in [0, 0.1) is 0 Å². The Labute approximate surface area is 109 Å². The molecule has 0 fully saturated rings. The molecule has 2 aromatic heterocycles. The monoisotopic (exact) mass is 268 g/mol. The topological polar surface area (TPSA) is 34.1 Å². The zero-order valence-electron chi connectivity index (χ0n) is 9.44. The zero-order valence-corrected chi connectivity index (χ0v) is 11.0. The molecular weight excluding hydrogens is 256 g/mol. The van der Waals surface area contributed by atoms with Gasteiger partial charge in [-0.3, -0.25) is 0 Å². The highest BCUT2D eigenvalue weighted by Crippen LogP contribution is 2.25. The number of thiophene rings is 1. The Morgan fingerprint density at radius 2 is 2.29 bits per heavy atom.